The van der Waals surface area contributed by atoms with Crippen molar-refractivity contribution in [3.05, 3.63) is 0 Å². The lowest BCUT2D eigenvalue weighted by Crippen LogP contribution is -2.52. The molecule has 2 N–H and O–H groups in total. The molecule has 1 saturated heterocycles. The molecule has 2 fully saturated rings. The van der Waals surface area contributed by atoms with Crippen molar-refractivity contribution in [3.63, 3.8) is 0 Å². The van der Waals surface area contributed by atoms with E-state index in [0.29, 0.717) is 5.92 Å². The van der Waals surface area contributed by atoms with Crippen LogP contribution >= 0.6 is 0 Å². The predicted octanol–water partition coefficient (Wildman–Crippen LogP) is 2.18. The zero-order valence-electron chi connectivity index (χ0n) is 9.46. The third-order valence-electron chi connectivity index (χ3n) is 4.48. The van der Waals surface area contributed by atoms with Crippen molar-refractivity contribution < 1.29 is 4.74 Å². The van der Waals surface area contributed by atoms with Gasteiger partial charge in [-0.2, -0.15) is 0 Å². The molecule has 0 aromatic heterocycles. The van der Waals surface area contributed by atoms with Crippen molar-refractivity contribution >= 4 is 0 Å². The number of ether oxygens (including phenoxy) is 1. The molecule has 4 unspecified atom stereocenters. The summed E-state index contributed by atoms with van der Waals surface area (Å²) in [5.74, 6) is 2.26. The van der Waals surface area contributed by atoms with Crippen LogP contribution in [0.3, 0.4) is 0 Å². The van der Waals surface area contributed by atoms with Crippen molar-refractivity contribution in [1.29, 1.82) is 0 Å². The van der Waals surface area contributed by atoms with Gasteiger partial charge in [0, 0.05) is 18.1 Å². The van der Waals surface area contributed by atoms with E-state index in [2.05, 4.69) is 13.8 Å². The lowest BCUT2D eigenvalue weighted by atomic mass is 9.66. The summed E-state index contributed by atoms with van der Waals surface area (Å²) in [6.45, 7) is 6.53. The molecule has 0 aromatic rings. The normalized spacial score (nSPS) is 49.5. The van der Waals surface area contributed by atoms with Crippen molar-refractivity contribution in [1.82, 2.24) is 0 Å². The second-order valence-electron chi connectivity index (χ2n) is 5.49. The van der Waals surface area contributed by atoms with Gasteiger partial charge in [0.25, 0.3) is 0 Å². The third kappa shape index (κ3) is 1.82. The van der Waals surface area contributed by atoms with Crippen molar-refractivity contribution in [3.8, 4) is 0 Å². The quantitative estimate of drug-likeness (QED) is 0.699. The summed E-state index contributed by atoms with van der Waals surface area (Å²) in [6.07, 6.45) is 4.88. The van der Waals surface area contributed by atoms with Crippen LogP contribution in [0, 0.1) is 17.8 Å². The summed E-state index contributed by atoms with van der Waals surface area (Å²) in [7, 11) is 0. The first-order chi connectivity index (χ1) is 6.62. The predicted molar refractivity (Wildman–Crippen MR) is 58.0 cm³/mol. The minimum Gasteiger partial charge on any atom is -0.381 e. The fraction of sp³-hybridized carbons (Fsp3) is 1.00. The molecule has 0 radical (unpaired) electrons. The van der Waals surface area contributed by atoms with Gasteiger partial charge in [0.1, 0.15) is 0 Å². The van der Waals surface area contributed by atoms with E-state index in [9.17, 15) is 0 Å². The fourth-order valence-corrected chi connectivity index (χ4v) is 3.04. The fourth-order valence-electron chi connectivity index (χ4n) is 3.04. The highest BCUT2D eigenvalue weighted by Crippen LogP contribution is 2.41. The van der Waals surface area contributed by atoms with Crippen LogP contribution in [0.4, 0.5) is 0 Å². The Morgan fingerprint density at radius 3 is 2.57 bits per heavy atom. The summed E-state index contributed by atoms with van der Waals surface area (Å²) in [6, 6.07) is 0. The number of hydrogen-bond acceptors (Lipinski definition) is 2. The smallest absolute Gasteiger partial charge is 0.0512 e. The topological polar surface area (TPSA) is 35.2 Å². The number of hydrogen-bond donors (Lipinski definition) is 1. The van der Waals surface area contributed by atoms with E-state index in [1.54, 1.807) is 0 Å². The molecule has 2 heteroatoms. The van der Waals surface area contributed by atoms with Gasteiger partial charge < -0.3 is 10.5 Å². The molecule has 0 amide bonds. The van der Waals surface area contributed by atoms with Crippen LogP contribution in [0.2, 0.25) is 0 Å². The van der Waals surface area contributed by atoms with Crippen molar-refractivity contribution in [2.24, 2.45) is 23.5 Å². The van der Waals surface area contributed by atoms with E-state index in [1.807, 2.05) is 0 Å². The third-order valence-corrected chi connectivity index (χ3v) is 4.48. The zero-order valence-corrected chi connectivity index (χ0v) is 9.46. The van der Waals surface area contributed by atoms with E-state index in [-0.39, 0.29) is 5.54 Å². The molecule has 82 valence electrons. The molecule has 0 spiro atoms. The molecule has 1 heterocycles. The SMILES string of the molecule is CC1CCC(N)(C2CCOC2)CC1C. The minimum absolute atomic E-state index is 0.0857. The summed E-state index contributed by atoms with van der Waals surface area (Å²) in [5.41, 5.74) is 6.62. The summed E-state index contributed by atoms with van der Waals surface area (Å²) in [5, 5.41) is 0. The summed E-state index contributed by atoms with van der Waals surface area (Å²) in [4.78, 5) is 0. The van der Waals surface area contributed by atoms with Gasteiger partial charge in [0.2, 0.25) is 0 Å². The Morgan fingerprint density at radius 2 is 2.00 bits per heavy atom. The minimum atomic E-state index is 0.0857. The average molecular weight is 197 g/mol. The molecule has 2 rings (SSSR count). The van der Waals surface area contributed by atoms with Crippen LogP contribution in [0.1, 0.15) is 39.5 Å². The molecule has 14 heavy (non-hydrogen) atoms. The maximum atomic E-state index is 6.54. The monoisotopic (exact) mass is 197 g/mol. The van der Waals surface area contributed by atoms with Gasteiger partial charge in [-0.3, -0.25) is 0 Å². The lowest BCUT2D eigenvalue weighted by molar-refractivity contribution is 0.103. The highest BCUT2D eigenvalue weighted by Gasteiger charge is 2.41. The molecular formula is C12H23NO. The molecule has 1 aliphatic carbocycles. The van der Waals surface area contributed by atoms with Crippen LogP contribution in [0.5, 0.6) is 0 Å². The van der Waals surface area contributed by atoms with Gasteiger partial charge >= 0.3 is 0 Å². The van der Waals surface area contributed by atoms with Crippen molar-refractivity contribution in [2.45, 2.75) is 45.1 Å². The van der Waals surface area contributed by atoms with Gasteiger partial charge in [-0.25, -0.2) is 0 Å². The number of nitrogens with two attached hydrogens (primary N) is 1. The van der Waals surface area contributed by atoms with Gasteiger partial charge in [0.15, 0.2) is 0 Å². The Kier molecular flexibility index (Phi) is 2.85. The Balaban J connectivity index is 2.01. The summed E-state index contributed by atoms with van der Waals surface area (Å²) >= 11 is 0. The number of rotatable bonds is 1. The Morgan fingerprint density at radius 1 is 1.21 bits per heavy atom. The van der Waals surface area contributed by atoms with Gasteiger partial charge in [0.05, 0.1) is 6.61 Å². The van der Waals surface area contributed by atoms with Crippen LogP contribution < -0.4 is 5.73 Å². The van der Waals surface area contributed by atoms with E-state index in [0.717, 1.165) is 25.0 Å². The van der Waals surface area contributed by atoms with Crippen LogP contribution in [-0.2, 0) is 4.74 Å². The van der Waals surface area contributed by atoms with Gasteiger partial charge in [-0.1, -0.05) is 13.8 Å². The van der Waals surface area contributed by atoms with E-state index >= 15 is 0 Å². The lowest BCUT2D eigenvalue weighted by Gasteiger charge is -2.43. The highest BCUT2D eigenvalue weighted by molar-refractivity contribution is 4.97. The molecule has 0 aromatic carbocycles. The Labute approximate surface area is 87.2 Å². The standard InChI is InChI=1S/C12H23NO/c1-9-3-5-12(13,7-10(9)2)11-4-6-14-8-11/h9-11H,3-8,13H2,1-2H3. The Bertz CT molecular complexity index is 200. The van der Waals surface area contributed by atoms with E-state index in [1.165, 1.54) is 25.7 Å². The second-order valence-corrected chi connectivity index (χ2v) is 5.49. The largest absolute Gasteiger partial charge is 0.381 e. The Hall–Kier alpha value is -0.0800. The van der Waals surface area contributed by atoms with Crippen LogP contribution in [0.25, 0.3) is 0 Å². The molecule has 2 aliphatic rings. The first kappa shape index (κ1) is 10.4. The van der Waals surface area contributed by atoms with Crippen LogP contribution in [0.15, 0.2) is 0 Å². The second kappa shape index (κ2) is 3.82. The molecule has 4 atom stereocenters. The van der Waals surface area contributed by atoms with E-state index in [4.69, 9.17) is 10.5 Å². The molecular weight excluding hydrogens is 174 g/mol. The highest BCUT2D eigenvalue weighted by atomic mass is 16.5. The van der Waals surface area contributed by atoms with E-state index < -0.39 is 0 Å². The van der Waals surface area contributed by atoms with Gasteiger partial charge in [-0.05, 0) is 37.5 Å². The molecule has 1 saturated carbocycles. The molecule has 0 bridgehead atoms. The van der Waals surface area contributed by atoms with Crippen molar-refractivity contribution in [2.75, 3.05) is 13.2 Å². The van der Waals surface area contributed by atoms with Crippen LogP contribution in [-0.4, -0.2) is 18.8 Å². The average Bonchev–Trinajstić information content (AvgIpc) is 2.65. The zero-order chi connectivity index (χ0) is 10.2. The maximum Gasteiger partial charge on any atom is 0.0512 e. The maximum absolute atomic E-state index is 6.54. The van der Waals surface area contributed by atoms with Gasteiger partial charge in [-0.15, -0.1) is 0 Å². The first-order valence-electron chi connectivity index (χ1n) is 5.98. The molecule has 2 nitrogen and oxygen atoms in total. The first-order valence-corrected chi connectivity index (χ1v) is 5.98. The summed E-state index contributed by atoms with van der Waals surface area (Å²) < 4.78 is 5.46. The molecule has 1 aliphatic heterocycles.